The molecule has 0 spiro atoms. The van der Waals surface area contributed by atoms with E-state index < -0.39 is 29.2 Å². The monoisotopic (exact) mass is 491 g/mol. The molecule has 0 unspecified atom stereocenters. The molecule has 7 nitrogen and oxygen atoms in total. The topological polar surface area (TPSA) is 102 Å². The first kappa shape index (κ1) is 25.0. The Hall–Kier alpha value is -3.11. The van der Waals surface area contributed by atoms with Crippen molar-refractivity contribution in [2.75, 3.05) is 19.6 Å². The maximum Gasteiger partial charge on any atom is 0.416 e. The van der Waals surface area contributed by atoms with Crippen LogP contribution in [0, 0.1) is 0 Å². The van der Waals surface area contributed by atoms with Crippen molar-refractivity contribution < 1.29 is 33.0 Å². The lowest BCUT2D eigenvalue weighted by Crippen LogP contribution is -2.63. The molecule has 2 aliphatic rings. The van der Waals surface area contributed by atoms with Crippen LogP contribution in [0.25, 0.3) is 0 Å². The Bertz CT molecular complexity index is 1060. The number of halogens is 3. The normalized spacial score (nSPS) is 23.4. The Kier molecular flexibility index (Phi) is 7.05. The van der Waals surface area contributed by atoms with Gasteiger partial charge in [0.15, 0.2) is 0 Å². The summed E-state index contributed by atoms with van der Waals surface area (Å²) < 4.78 is 38.4. The summed E-state index contributed by atoms with van der Waals surface area (Å²) in [5, 5.41) is 25.6. The molecule has 4 N–H and O–H groups in total. The minimum Gasteiger partial charge on any atom is -0.508 e. The number of phenols is 1. The number of hydrogen-bond donors (Lipinski definition) is 4. The van der Waals surface area contributed by atoms with Gasteiger partial charge >= 0.3 is 6.18 Å². The molecule has 1 saturated heterocycles. The highest BCUT2D eigenvalue weighted by Gasteiger charge is 2.40. The molecule has 2 aromatic carbocycles. The van der Waals surface area contributed by atoms with Gasteiger partial charge in [0.1, 0.15) is 5.75 Å². The van der Waals surface area contributed by atoms with E-state index in [-0.39, 0.29) is 23.9 Å². The van der Waals surface area contributed by atoms with Gasteiger partial charge in [0.2, 0.25) is 5.91 Å². The number of carbonyl (C=O) groups excluding carboxylic acids is 2. The zero-order valence-electron chi connectivity index (χ0n) is 19.0. The van der Waals surface area contributed by atoms with E-state index in [0.29, 0.717) is 32.0 Å². The summed E-state index contributed by atoms with van der Waals surface area (Å²) in [6.07, 6.45) is -1.71. The van der Waals surface area contributed by atoms with E-state index in [1.807, 2.05) is 0 Å². The van der Waals surface area contributed by atoms with Crippen molar-refractivity contribution in [1.29, 1.82) is 0 Å². The Morgan fingerprint density at radius 1 is 1.06 bits per heavy atom. The number of nitrogens with one attached hydrogen (secondary N) is 2. The quantitative estimate of drug-likeness (QED) is 0.498. The predicted octanol–water partition coefficient (Wildman–Crippen LogP) is 2.77. The molecule has 0 aromatic heterocycles. The summed E-state index contributed by atoms with van der Waals surface area (Å²) in [4.78, 5) is 26.6. The van der Waals surface area contributed by atoms with Gasteiger partial charge in [-0.1, -0.05) is 18.2 Å². The Labute approximate surface area is 200 Å². The van der Waals surface area contributed by atoms with Crippen LogP contribution in [0.15, 0.2) is 48.5 Å². The SMILES string of the molecule is O=C(CNC(=O)c1cccc(C(F)(F)F)c1)NC1CN(C2CCC(O)(c3ccc(O)cc3)CC2)C1. The van der Waals surface area contributed by atoms with Crippen molar-refractivity contribution in [3.05, 3.63) is 65.2 Å². The molecular weight excluding hydrogens is 463 g/mol. The highest BCUT2D eigenvalue weighted by molar-refractivity contribution is 5.96. The second-order valence-electron chi connectivity index (χ2n) is 9.29. The Morgan fingerprint density at radius 3 is 2.34 bits per heavy atom. The first-order valence-electron chi connectivity index (χ1n) is 11.5. The van der Waals surface area contributed by atoms with Gasteiger partial charge in [-0.2, -0.15) is 13.2 Å². The average molecular weight is 492 g/mol. The molecule has 0 bridgehead atoms. The summed E-state index contributed by atoms with van der Waals surface area (Å²) >= 11 is 0. The van der Waals surface area contributed by atoms with Gasteiger partial charge in [-0.25, -0.2) is 0 Å². The lowest BCUT2D eigenvalue weighted by atomic mass is 9.76. The number of alkyl halides is 3. The van der Waals surface area contributed by atoms with Gasteiger partial charge in [-0.05, 0) is 61.6 Å². The number of hydrogen-bond acceptors (Lipinski definition) is 5. The van der Waals surface area contributed by atoms with Crippen molar-refractivity contribution in [2.24, 2.45) is 0 Å². The lowest BCUT2D eigenvalue weighted by Gasteiger charge is -2.48. The Morgan fingerprint density at radius 2 is 1.71 bits per heavy atom. The fourth-order valence-electron chi connectivity index (χ4n) is 4.79. The lowest BCUT2D eigenvalue weighted by molar-refractivity contribution is -0.137. The molecule has 1 heterocycles. The van der Waals surface area contributed by atoms with Gasteiger partial charge in [0.05, 0.1) is 23.8 Å². The molecule has 2 aromatic rings. The van der Waals surface area contributed by atoms with Crippen LogP contribution >= 0.6 is 0 Å². The molecule has 1 saturated carbocycles. The van der Waals surface area contributed by atoms with E-state index in [2.05, 4.69) is 15.5 Å². The van der Waals surface area contributed by atoms with Crippen LogP contribution in [0.4, 0.5) is 13.2 Å². The van der Waals surface area contributed by atoms with Gasteiger partial charge in [-0.3, -0.25) is 14.5 Å². The highest BCUT2D eigenvalue weighted by atomic mass is 19.4. The van der Waals surface area contributed by atoms with Gasteiger partial charge in [-0.15, -0.1) is 0 Å². The number of carbonyl (C=O) groups is 2. The number of rotatable bonds is 6. The van der Waals surface area contributed by atoms with Crippen LogP contribution in [0.1, 0.15) is 47.2 Å². The molecule has 188 valence electrons. The van der Waals surface area contributed by atoms with Crippen molar-refractivity contribution in [3.63, 3.8) is 0 Å². The number of aliphatic hydroxyl groups is 1. The minimum atomic E-state index is -4.55. The maximum atomic E-state index is 12.8. The standard InChI is InChI=1S/C25H28F3N3O4/c26-25(27,28)18-3-1-2-16(12-18)23(34)29-13-22(33)30-19-14-31(15-19)20-8-10-24(35,11-9-20)17-4-6-21(32)7-5-17/h1-7,12,19-20,32,35H,8-11,13-15H2,(H,29,34)(H,30,33). The zero-order valence-corrected chi connectivity index (χ0v) is 19.0. The van der Waals surface area contributed by atoms with E-state index in [4.69, 9.17) is 0 Å². The van der Waals surface area contributed by atoms with E-state index >= 15 is 0 Å². The molecule has 4 rings (SSSR count). The summed E-state index contributed by atoms with van der Waals surface area (Å²) in [6, 6.07) is 10.9. The summed E-state index contributed by atoms with van der Waals surface area (Å²) in [5.74, 6) is -0.986. The molecule has 0 atom stereocenters. The smallest absolute Gasteiger partial charge is 0.416 e. The van der Waals surface area contributed by atoms with Gasteiger partial charge in [0.25, 0.3) is 5.91 Å². The fourth-order valence-corrected chi connectivity index (χ4v) is 4.79. The van der Waals surface area contributed by atoms with Crippen LogP contribution in [0.2, 0.25) is 0 Å². The van der Waals surface area contributed by atoms with Crippen LogP contribution in [0.5, 0.6) is 5.75 Å². The van der Waals surface area contributed by atoms with E-state index in [1.165, 1.54) is 6.07 Å². The third-order valence-corrected chi connectivity index (χ3v) is 6.84. The van der Waals surface area contributed by atoms with Crippen molar-refractivity contribution >= 4 is 11.8 Å². The van der Waals surface area contributed by atoms with Crippen LogP contribution in [0.3, 0.4) is 0 Å². The molecule has 2 amide bonds. The van der Waals surface area contributed by atoms with E-state index in [1.54, 1.807) is 24.3 Å². The molecule has 10 heteroatoms. The summed E-state index contributed by atoms with van der Waals surface area (Å²) in [7, 11) is 0. The van der Waals surface area contributed by atoms with E-state index in [0.717, 1.165) is 36.6 Å². The maximum absolute atomic E-state index is 12.8. The Balaban J connectivity index is 1.18. The van der Waals surface area contributed by atoms with Gasteiger partial charge in [0, 0.05) is 24.7 Å². The number of nitrogens with zero attached hydrogens (tertiary/aromatic N) is 1. The summed E-state index contributed by atoms with van der Waals surface area (Å²) in [6.45, 7) is 1.000. The summed E-state index contributed by atoms with van der Waals surface area (Å²) in [5.41, 5.74) is -1.18. The fraction of sp³-hybridized carbons (Fsp3) is 0.440. The average Bonchev–Trinajstić information content (AvgIpc) is 2.80. The first-order chi connectivity index (χ1) is 16.5. The third-order valence-electron chi connectivity index (χ3n) is 6.84. The largest absolute Gasteiger partial charge is 0.508 e. The number of benzene rings is 2. The van der Waals surface area contributed by atoms with Crippen LogP contribution < -0.4 is 10.6 Å². The number of likely N-dealkylation sites (tertiary alicyclic amines) is 1. The van der Waals surface area contributed by atoms with Crippen molar-refractivity contribution in [1.82, 2.24) is 15.5 Å². The molecular formula is C25H28F3N3O4. The number of aromatic hydroxyl groups is 1. The number of amides is 2. The molecule has 2 fully saturated rings. The number of phenolic OH excluding ortho intramolecular Hbond substituents is 1. The second-order valence-corrected chi connectivity index (χ2v) is 9.29. The second kappa shape index (κ2) is 9.87. The minimum absolute atomic E-state index is 0.0640. The van der Waals surface area contributed by atoms with Crippen LogP contribution in [-0.4, -0.2) is 58.6 Å². The predicted molar refractivity (Wildman–Crippen MR) is 122 cm³/mol. The third kappa shape index (κ3) is 5.94. The van der Waals surface area contributed by atoms with Gasteiger partial charge < -0.3 is 20.8 Å². The molecule has 0 radical (unpaired) electrons. The molecule has 1 aliphatic heterocycles. The van der Waals surface area contributed by atoms with Crippen LogP contribution in [-0.2, 0) is 16.6 Å². The van der Waals surface area contributed by atoms with Crippen molar-refractivity contribution in [3.8, 4) is 5.75 Å². The van der Waals surface area contributed by atoms with E-state index in [9.17, 15) is 33.0 Å². The molecule has 1 aliphatic carbocycles. The zero-order chi connectivity index (χ0) is 25.2. The molecule has 35 heavy (non-hydrogen) atoms. The first-order valence-corrected chi connectivity index (χ1v) is 11.5. The highest BCUT2D eigenvalue weighted by Crippen LogP contribution is 2.39. The van der Waals surface area contributed by atoms with Crippen molar-refractivity contribution in [2.45, 2.75) is 49.5 Å².